The van der Waals surface area contributed by atoms with Crippen molar-refractivity contribution in [2.24, 2.45) is 0 Å². The third-order valence-electron chi connectivity index (χ3n) is 4.29. The number of aryl methyl sites for hydroxylation is 1. The van der Waals surface area contributed by atoms with Crippen LogP contribution in [0.5, 0.6) is 5.75 Å². The van der Waals surface area contributed by atoms with E-state index >= 15 is 0 Å². The summed E-state index contributed by atoms with van der Waals surface area (Å²) in [6.45, 7) is 12.0. The lowest BCUT2D eigenvalue weighted by Crippen LogP contribution is -2.22. The van der Waals surface area contributed by atoms with Gasteiger partial charge in [0.2, 0.25) is 0 Å². The zero-order valence-corrected chi connectivity index (χ0v) is 15.4. The van der Waals surface area contributed by atoms with Gasteiger partial charge in [0.15, 0.2) is 0 Å². The van der Waals surface area contributed by atoms with E-state index < -0.39 is 0 Å². The number of hydrogen-bond acceptors (Lipinski definition) is 4. The lowest BCUT2D eigenvalue weighted by Gasteiger charge is -2.20. The lowest BCUT2D eigenvalue weighted by atomic mass is 10.1. The van der Waals surface area contributed by atoms with Crippen molar-refractivity contribution in [1.29, 1.82) is 0 Å². The van der Waals surface area contributed by atoms with Crippen LogP contribution in [-0.2, 0) is 26.2 Å². The smallest absolute Gasteiger partial charge is 0.123 e. The van der Waals surface area contributed by atoms with E-state index in [0.717, 1.165) is 50.7 Å². The predicted octanol–water partition coefficient (Wildman–Crippen LogP) is 3.04. The number of aromatic nitrogens is 2. The summed E-state index contributed by atoms with van der Waals surface area (Å²) in [7, 11) is 1.74. The fraction of sp³-hybridized carbons (Fsp3) is 0.526. The van der Waals surface area contributed by atoms with Gasteiger partial charge in [-0.2, -0.15) is 5.10 Å². The van der Waals surface area contributed by atoms with Crippen LogP contribution in [0.25, 0.3) is 0 Å². The van der Waals surface area contributed by atoms with Crippen LogP contribution < -0.4 is 10.1 Å². The highest BCUT2D eigenvalue weighted by Crippen LogP contribution is 2.21. The van der Waals surface area contributed by atoms with Crippen molar-refractivity contribution in [2.45, 2.75) is 47.0 Å². The molecule has 2 rings (SSSR count). The van der Waals surface area contributed by atoms with Crippen molar-refractivity contribution in [2.75, 3.05) is 20.2 Å². The first-order valence-corrected chi connectivity index (χ1v) is 8.81. The van der Waals surface area contributed by atoms with Gasteiger partial charge in [-0.15, -0.1) is 0 Å². The Hall–Kier alpha value is -1.85. The maximum absolute atomic E-state index is 5.52. The molecular weight excluding hydrogens is 300 g/mol. The van der Waals surface area contributed by atoms with Crippen molar-refractivity contribution in [3.8, 4) is 5.75 Å². The largest absolute Gasteiger partial charge is 0.496 e. The van der Waals surface area contributed by atoms with E-state index in [9.17, 15) is 0 Å². The second-order valence-electron chi connectivity index (χ2n) is 5.87. The quantitative estimate of drug-likeness (QED) is 0.727. The van der Waals surface area contributed by atoms with Crippen molar-refractivity contribution in [1.82, 2.24) is 20.0 Å². The van der Waals surface area contributed by atoms with E-state index in [1.807, 2.05) is 10.9 Å². The maximum atomic E-state index is 5.52. The summed E-state index contributed by atoms with van der Waals surface area (Å²) in [5, 5.41) is 7.97. The molecule has 0 saturated heterocycles. The van der Waals surface area contributed by atoms with Gasteiger partial charge in [0, 0.05) is 37.9 Å². The summed E-state index contributed by atoms with van der Waals surface area (Å²) >= 11 is 0. The number of benzene rings is 1. The van der Waals surface area contributed by atoms with E-state index in [0.29, 0.717) is 0 Å². The van der Waals surface area contributed by atoms with Crippen LogP contribution in [0, 0.1) is 0 Å². The van der Waals surface area contributed by atoms with Crippen molar-refractivity contribution < 1.29 is 4.74 Å². The van der Waals surface area contributed by atoms with Gasteiger partial charge in [-0.3, -0.25) is 9.58 Å². The fourth-order valence-corrected chi connectivity index (χ4v) is 2.76. The average Bonchev–Trinajstić information content (AvgIpc) is 3.08. The predicted molar refractivity (Wildman–Crippen MR) is 98.1 cm³/mol. The molecule has 0 fully saturated rings. The number of nitrogens with zero attached hydrogens (tertiary/aromatic N) is 3. The minimum Gasteiger partial charge on any atom is -0.496 e. The van der Waals surface area contributed by atoms with Gasteiger partial charge in [0.25, 0.3) is 0 Å². The topological polar surface area (TPSA) is 42.3 Å². The zero-order chi connectivity index (χ0) is 17.4. The molecule has 24 heavy (non-hydrogen) atoms. The minimum atomic E-state index is 0.782. The monoisotopic (exact) mass is 330 g/mol. The van der Waals surface area contributed by atoms with E-state index in [1.54, 1.807) is 7.11 Å². The molecule has 0 bridgehead atoms. The molecule has 1 heterocycles. The highest BCUT2D eigenvalue weighted by atomic mass is 16.5. The van der Waals surface area contributed by atoms with Crippen LogP contribution in [0.2, 0.25) is 0 Å². The Morgan fingerprint density at radius 1 is 1.12 bits per heavy atom. The second kappa shape index (κ2) is 9.45. The maximum Gasteiger partial charge on any atom is 0.123 e. The molecule has 0 unspecified atom stereocenters. The van der Waals surface area contributed by atoms with Gasteiger partial charge < -0.3 is 10.1 Å². The molecule has 0 aliphatic carbocycles. The van der Waals surface area contributed by atoms with Gasteiger partial charge in [-0.05, 0) is 43.8 Å². The third-order valence-corrected chi connectivity index (χ3v) is 4.29. The minimum absolute atomic E-state index is 0.782. The summed E-state index contributed by atoms with van der Waals surface area (Å²) in [5.41, 5.74) is 3.59. The van der Waals surface area contributed by atoms with Gasteiger partial charge in [0.05, 0.1) is 12.8 Å². The molecule has 1 aromatic heterocycles. The summed E-state index contributed by atoms with van der Waals surface area (Å²) in [5.74, 6) is 0.965. The zero-order valence-electron chi connectivity index (χ0n) is 15.4. The molecule has 1 N–H and O–H groups in total. The molecule has 132 valence electrons. The number of ether oxygens (including phenoxy) is 1. The standard InChI is InChI=1S/C19H30N4O/c1-5-22(6-2)15-17-12-16(8-9-19(17)24-4)13-20-14-18-10-11-23(7-3)21-18/h8-12,20H,5-7,13-15H2,1-4H3. The van der Waals surface area contributed by atoms with Gasteiger partial charge >= 0.3 is 0 Å². The summed E-state index contributed by atoms with van der Waals surface area (Å²) < 4.78 is 7.47. The molecule has 2 aromatic rings. The van der Waals surface area contributed by atoms with Gasteiger partial charge in [-0.1, -0.05) is 19.9 Å². The molecule has 0 saturated carbocycles. The molecule has 0 spiro atoms. The van der Waals surface area contributed by atoms with Crippen LogP contribution in [0.4, 0.5) is 0 Å². The van der Waals surface area contributed by atoms with Crippen LogP contribution in [-0.4, -0.2) is 34.9 Å². The van der Waals surface area contributed by atoms with Crippen molar-refractivity contribution >= 4 is 0 Å². The molecule has 1 aromatic carbocycles. The van der Waals surface area contributed by atoms with Crippen molar-refractivity contribution in [3.05, 3.63) is 47.3 Å². The first-order chi connectivity index (χ1) is 11.7. The Bertz CT molecular complexity index is 620. The summed E-state index contributed by atoms with van der Waals surface area (Å²) in [6, 6.07) is 8.51. The lowest BCUT2D eigenvalue weighted by molar-refractivity contribution is 0.289. The average molecular weight is 330 g/mol. The Balaban J connectivity index is 1.96. The highest BCUT2D eigenvalue weighted by molar-refractivity contribution is 5.37. The van der Waals surface area contributed by atoms with E-state index in [-0.39, 0.29) is 0 Å². The van der Waals surface area contributed by atoms with Crippen LogP contribution in [0.3, 0.4) is 0 Å². The molecule has 5 heteroatoms. The third kappa shape index (κ3) is 5.08. The van der Waals surface area contributed by atoms with Gasteiger partial charge in [0.1, 0.15) is 5.75 Å². The first-order valence-electron chi connectivity index (χ1n) is 8.81. The highest BCUT2D eigenvalue weighted by Gasteiger charge is 2.08. The Kier molecular flexibility index (Phi) is 7.28. The molecule has 0 amide bonds. The van der Waals surface area contributed by atoms with Gasteiger partial charge in [-0.25, -0.2) is 0 Å². The van der Waals surface area contributed by atoms with Crippen LogP contribution in [0.15, 0.2) is 30.5 Å². The van der Waals surface area contributed by atoms with Crippen LogP contribution >= 0.6 is 0 Å². The summed E-state index contributed by atoms with van der Waals surface area (Å²) in [6.07, 6.45) is 2.02. The number of rotatable bonds is 10. The first kappa shape index (κ1) is 18.5. The summed E-state index contributed by atoms with van der Waals surface area (Å²) in [4.78, 5) is 2.40. The Labute approximate surface area is 145 Å². The molecule has 0 atom stereocenters. The van der Waals surface area contributed by atoms with E-state index in [1.165, 1.54) is 11.1 Å². The Morgan fingerprint density at radius 2 is 1.92 bits per heavy atom. The normalized spacial score (nSPS) is 11.2. The molecule has 0 aliphatic heterocycles. The van der Waals surface area contributed by atoms with Crippen molar-refractivity contribution in [3.63, 3.8) is 0 Å². The fourth-order valence-electron chi connectivity index (χ4n) is 2.76. The number of nitrogens with one attached hydrogen (secondary N) is 1. The van der Waals surface area contributed by atoms with E-state index in [2.05, 4.69) is 60.4 Å². The number of hydrogen-bond donors (Lipinski definition) is 1. The number of methoxy groups -OCH3 is 1. The Morgan fingerprint density at radius 3 is 2.54 bits per heavy atom. The van der Waals surface area contributed by atoms with Crippen LogP contribution in [0.1, 0.15) is 37.6 Å². The molecule has 5 nitrogen and oxygen atoms in total. The van der Waals surface area contributed by atoms with E-state index in [4.69, 9.17) is 4.74 Å². The SMILES string of the molecule is CCN(CC)Cc1cc(CNCc2ccn(CC)n2)ccc1OC. The second-order valence-corrected chi connectivity index (χ2v) is 5.87. The molecular formula is C19H30N4O. The molecule has 0 aliphatic rings. The molecule has 0 radical (unpaired) electrons.